The highest BCUT2D eigenvalue weighted by Gasteiger charge is 2.18. The van der Waals surface area contributed by atoms with Crippen LogP contribution >= 0.6 is 24.0 Å². The van der Waals surface area contributed by atoms with Crippen molar-refractivity contribution in [2.75, 3.05) is 5.32 Å². The Balaban J connectivity index is 0.00000208. The Bertz CT molecular complexity index is 703. The molecule has 24 heavy (non-hydrogen) atoms. The van der Waals surface area contributed by atoms with Gasteiger partial charge in [-0.3, -0.25) is 4.68 Å². The number of nitrogens with one attached hydrogen (secondary N) is 1. The topological polar surface area (TPSA) is 68.2 Å². The zero-order chi connectivity index (χ0) is 16.2. The van der Waals surface area contributed by atoms with Gasteiger partial charge in [-0.2, -0.15) is 5.10 Å². The van der Waals surface area contributed by atoms with Crippen LogP contribution in [0.25, 0.3) is 0 Å². The lowest BCUT2D eigenvalue weighted by Crippen LogP contribution is -2.22. The second kappa shape index (κ2) is 8.50. The van der Waals surface area contributed by atoms with Gasteiger partial charge in [0.05, 0.1) is 17.9 Å². The Morgan fingerprint density at radius 3 is 2.67 bits per heavy atom. The number of anilines is 1. The summed E-state index contributed by atoms with van der Waals surface area (Å²) < 4.78 is 1.96. The van der Waals surface area contributed by atoms with Crippen LogP contribution in [0.4, 0.5) is 5.69 Å². The number of nitrogens with zero attached hydrogens (tertiary/aromatic N) is 3. The maximum atomic E-state index is 6.03. The van der Waals surface area contributed by atoms with Gasteiger partial charge in [0.1, 0.15) is 0 Å². The molecule has 3 rings (SSSR count). The normalized spacial score (nSPS) is 14.0. The first-order valence-corrected chi connectivity index (χ1v) is 8.37. The molecule has 0 radical (unpaired) electrons. The van der Waals surface area contributed by atoms with E-state index in [1.807, 2.05) is 23.9 Å². The van der Waals surface area contributed by atoms with E-state index in [4.69, 9.17) is 5.73 Å². The van der Waals surface area contributed by atoms with Gasteiger partial charge < -0.3 is 11.1 Å². The van der Waals surface area contributed by atoms with Crippen LogP contribution in [0.3, 0.4) is 0 Å². The molecule has 0 saturated carbocycles. The summed E-state index contributed by atoms with van der Waals surface area (Å²) in [5.74, 6) is 0.444. The molecular weight excluding hydrogens is 413 g/mol. The summed E-state index contributed by atoms with van der Waals surface area (Å²) in [7, 11) is 2.00. The molecule has 6 heteroatoms. The van der Waals surface area contributed by atoms with Gasteiger partial charge in [-0.05, 0) is 55.4 Å². The monoisotopic (exact) mass is 439 g/mol. The largest absolute Gasteiger partial charge is 0.370 e. The highest BCUT2D eigenvalue weighted by atomic mass is 127. The van der Waals surface area contributed by atoms with E-state index in [1.54, 1.807) is 0 Å². The highest BCUT2D eigenvalue weighted by molar-refractivity contribution is 14.0. The lowest BCUT2D eigenvalue weighted by Gasteiger charge is -2.11. The minimum absolute atomic E-state index is 0. The van der Waals surface area contributed by atoms with Crippen molar-refractivity contribution in [2.45, 2.75) is 45.6 Å². The average Bonchev–Trinajstić information content (AvgIpc) is 2.89. The number of halogens is 1. The van der Waals surface area contributed by atoms with Gasteiger partial charge >= 0.3 is 0 Å². The molecule has 130 valence electrons. The molecule has 5 nitrogen and oxygen atoms in total. The van der Waals surface area contributed by atoms with Gasteiger partial charge in [0.15, 0.2) is 5.96 Å². The van der Waals surface area contributed by atoms with E-state index in [-0.39, 0.29) is 24.0 Å². The lowest BCUT2D eigenvalue weighted by atomic mass is 9.96. The van der Waals surface area contributed by atoms with Crippen molar-refractivity contribution < 1.29 is 0 Å². The molecule has 1 aliphatic rings. The molecular formula is C18H26IN5. The molecule has 0 saturated heterocycles. The van der Waals surface area contributed by atoms with E-state index in [9.17, 15) is 0 Å². The summed E-state index contributed by atoms with van der Waals surface area (Å²) in [5.41, 5.74) is 12.1. The molecule has 2 aromatic rings. The molecule has 0 atom stereocenters. The van der Waals surface area contributed by atoms with Gasteiger partial charge in [-0.25, -0.2) is 4.99 Å². The number of benzene rings is 1. The minimum atomic E-state index is 0. The molecule has 0 unspecified atom stereocenters. The zero-order valence-corrected chi connectivity index (χ0v) is 16.7. The van der Waals surface area contributed by atoms with Crippen molar-refractivity contribution in [1.82, 2.24) is 9.78 Å². The maximum Gasteiger partial charge on any atom is 0.193 e. The summed E-state index contributed by atoms with van der Waals surface area (Å²) in [6, 6.07) is 8.28. The Hall–Kier alpha value is -1.57. The first-order chi connectivity index (χ1) is 11.2. The molecule has 0 amide bonds. The molecule has 1 aromatic heterocycles. The fourth-order valence-electron chi connectivity index (χ4n) is 3.12. The number of aliphatic imine (C=N–C) groups is 1. The second-order valence-corrected chi connectivity index (χ2v) is 6.08. The second-order valence-electron chi connectivity index (χ2n) is 6.08. The van der Waals surface area contributed by atoms with Crippen LogP contribution in [-0.2, 0) is 32.9 Å². The van der Waals surface area contributed by atoms with Crippen LogP contribution in [0.15, 0.2) is 29.3 Å². The van der Waals surface area contributed by atoms with Crippen molar-refractivity contribution in [3.05, 3.63) is 46.8 Å². The summed E-state index contributed by atoms with van der Waals surface area (Å²) in [4.78, 5) is 4.50. The third kappa shape index (κ3) is 4.28. The highest BCUT2D eigenvalue weighted by Crippen LogP contribution is 2.24. The Morgan fingerprint density at radius 2 is 1.96 bits per heavy atom. The molecule has 0 fully saturated rings. The number of nitrogens with two attached hydrogens (primary N) is 1. The van der Waals surface area contributed by atoms with Crippen LogP contribution in [0, 0.1) is 0 Å². The Morgan fingerprint density at radius 1 is 1.25 bits per heavy atom. The molecule has 0 spiro atoms. The number of rotatable bonds is 4. The van der Waals surface area contributed by atoms with E-state index < -0.39 is 0 Å². The SMILES string of the molecule is CCc1ccc(NC(N)=NCc2c3c(nn2C)CCCC3)cc1.I. The maximum absolute atomic E-state index is 6.03. The van der Waals surface area contributed by atoms with Crippen molar-refractivity contribution >= 4 is 35.6 Å². The summed E-state index contributed by atoms with van der Waals surface area (Å²) >= 11 is 0. The van der Waals surface area contributed by atoms with Crippen molar-refractivity contribution in [1.29, 1.82) is 0 Å². The van der Waals surface area contributed by atoms with Crippen molar-refractivity contribution in [3.63, 3.8) is 0 Å². The van der Waals surface area contributed by atoms with Crippen LogP contribution in [-0.4, -0.2) is 15.7 Å². The Labute approximate surface area is 160 Å². The third-order valence-electron chi connectivity index (χ3n) is 4.48. The molecule has 1 heterocycles. The predicted molar refractivity (Wildman–Crippen MR) is 110 cm³/mol. The summed E-state index contributed by atoms with van der Waals surface area (Å²) in [6.07, 6.45) is 5.72. The Kier molecular flexibility index (Phi) is 6.65. The molecule has 0 bridgehead atoms. The van der Waals surface area contributed by atoms with Crippen LogP contribution in [0.5, 0.6) is 0 Å². The van der Waals surface area contributed by atoms with Gasteiger partial charge in [-0.15, -0.1) is 24.0 Å². The van der Waals surface area contributed by atoms with E-state index in [0.29, 0.717) is 12.5 Å². The van der Waals surface area contributed by atoms with Crippen molar-refractivity contribution in [2.24, 2.45) is 17.8 Å². The van der Waals surface area contributed by atoms with Crippen molar-refractivity contribution in [3.8, 4) is 0 Å². The van der Waals surface area contributed by atoms with Gasteiger partial charge in [0.25, 0.3) is 0 Å². The fraction of sp³-hybridized carbons (Fsp3) is 0.444. The van der Waals surface area contributed by atoms with Gasteiger partial charge in [0.2, 0.25) is 0 Å². The van der Waals surface area contributed by atoms with Crippen LogP contribution in [0.1, 0.15) is 42.3 Å². The predicted octanol–water partition coefficient (Wildman–Crippen LogP) is 3.41. The third-order valence-corrected chi connectivity index (χ3v) is 4.48. The molecule has 1 aliphatic carbocycles. The number of hydrogen-bond donors (Lipinski definition) is 2. The zero-order valence-electron chi connectivity index (χ0n) is 14.4. The van der Waals surface area contributed by atoms with E-state index >= 15 is 0 Å². The smallest absolute Gasteiger partial charge is 0.193 e. The standard InChI is InChI=1S/C18H25N5.HI/c1-3-13-8-10-14(11-9-13)21-18(19)20-12-17-15-6-4-5-7-16(15)22-23(17)2;/h8-11H,3-7,12H2,1-2H3,(H3,19,20,21);1H. The van der Waals surface area contributed by atoms with E-state index in [2.05, 4.69) is 34.5 Å². The van der Waals surface area contributed by atoms with Crippen LogP contribution < -0.4 is 11.1 Å². The number of fused-ring (bicyclic) bond motifs is 1. The van der Waals surface area contributed by atoms with E-state index in [0.717, 1.165) is 24.9 Å². The minimum Gasteiger partial charge on any atom is -0.370 e. The molecule has 1 aromatic carbocycles. The summed E-state index contributed by atoms with van der Waals surface area (Å²) in [6.45, 7) is 2.72. The van der Waals surface area contributed by atoms with Gasteiger partial charge in [-0.1, -0.05) is 19.1 Å². The van der Waals surface area contributed by atoms with Gasteiger partial charge in [0, 0.05) is 12.7 Å². The summed E-state index contributed by atoms with van der Waals surface area (Å²) in [5, 5.41) is 7.77. The first kappa shape index (κ1) is 18.8. The average molecular weight is 439 g/mol. The first-order valence-electron chi connectivity index (χ1n) is 8.37. The number of aromatic nitrogens is 2. The van der Waals surface area contributed by atoms with E-state index in [1.165, 1.54) is 35.4 Å². The number of guanidine groups is 1. The molecule has 3 N–H and O–H groups in total. The van der Waals surface area contributed by atoms with Crippen LogP contribution in [0.2, 0.25) is 0 Å². The number of aryl methyl sites for hydroxylation is 3. The quantitative estimate of drug-likeness (QED) is 0.436. The fourth-order valence-corrected chi connectivity index (χ4v) is 3.12. The number of hydrogen-bond acceptors (Lipinski definition) is 2. The lowest BCUT2D eigenvalue weighted by molar-refractivity contribution is 0.663. The molecule has 0 aliphatic heterocycles.